The summed E-state index contributed by atoms with van der Waals surface area (Å²) in [7, 11) is 0.556. The molecule has 0 bridgehead atoms. The highest BCUT2D eigenvalue weighted by Gasteiger charge is 2.37. The second-order valence-electron chi connectivity index (χ2n) is 9.99. The van der Waals surface area contributed by atoms with Crippen molar-refractivity contribution in [2.24, 2.45) is 5.92 Å². The van der Waals surface area contributed by atoms with E-state index >= 15 is 0 Å². The number of fused-ring (bicyclic) bond motifs is 1. The molecule has 0 saturated heterocycles. The third kappa shape index (κ3) is 5.71. The number of rotatable bonds is 8. The van der Waals surface area contributed by atoms with Gasteiger partial charge in [0.2, 0.25) is 11.3 Å². The number of aromatic nitrogens is 2. The van der Waals surface area contributed by atoms with Crippen LogP contribution >= 0.6 is 11.6 Å². The van der Waals surface area contributed by atoms with Gasteiger partial charge in [0.1, 0.15) is 16.1 Å². The minimum Gasteiger partial charge on any atom is -0.480 e. The van der Waals surface area contributed by atoms with Gasteiger partial charge in [-0.3, -0.25) is 4.79 Å². The topological polar surface area (TPSA) is 79.7 Å². The van der Waals surface area contributed by atoms with Crippen LogP contribution < -0.4 is 10.2 Å². The molecule has 7 nitrogen and oxygen atoms in total. The van der Waals surface area contributed by atoms with Gasteiger partial charge in [-0.05, 0) is 37.8 Å². The van der Waals surface area contributed by atoms with Crippen molar-refractivity contribution >= 4 is 38.4 Å². The normalized spacial score (nSPS) is 13.8. The maximum Gasteiger partial charge on any atom is 0.343 e. The van der Waals surface area contributed by atoms with E-state index in [4.69, 9.17) is 25.5 Å². The van der Waals surface area contributed by atoms with Crippen LogP contribution in [0.4, 0.5) is 0 Å². The van der Waals surface area contributed by atoms with Gasteiger partial charge in [-0.2, -0.15) is 0 Å². The molecule has 0 unspecified atom stereocenters. The Morgan fingerprint density at radius 2 is 1.88 bits per heavy atom. The lowest BCUT2D eigenvalue weighted by Gasteiger charge is -2.41. The van der Waals surface area contributed by atoms with E-state index in [-0.39, 0.29) is 45.6 Å². The van der Waals surface area contributed by atoms with Crippen LogP contribution in [0.2, 0.25) is 10.1 Å². The molecule has 2 rings (SSSR count). The Labute approximate surface area is 197 Å². The fourth-order valence-electron chi connectivity index (χ4n) is 3.90. The van der Waals surface area contributed by atoms with E-state index in [1.807, 2.05) is 18.4 Å². The second kappa shape index (κ2) is 9.93. The van der Waals surface area contributed by atoms with Crippen molar-refractivity contribution in [1.29, 1.82) is 0 Å². The van der Waals surface area contributed by atoms with Gasteiger partial charge < -0.3 is 18.5 Å². The molecule has 0 N–H and O–H groups in total. The van der Waals surface area contributed by atoms with E-state index in [0.29, 0.717) is 5.52 Å². The molecular formula is C23H35ClN2O5Si. The summed E-state index contributed by atoms with van der Waals surface area (Å²) < 4.78 is 18.8. The summed E-state index contributed by atoms with van der Waals surface area (Å²) in [6, 6.07) is 1.45. The number of carbonyl (C=O) groups excluding carboxylic acids is 1. The molecule has 1 atom stereocenters. The van der Waals surface area contributed by atoms with Crippen LogP contribution in [0, 0.1) is 5.92 Å². The first kappa shape index (κ1) is 26.4. The predicted octanol–water partition coefficient (Wildman–Crippen LogP) is 4.53. The number of pyridine rings is 2. The predicted molar refractivity (Wildman–Crippen MR) is 131 cm³/mol. The number of halogens is 1. The van der Waals surface area contributed by atoms with Gasteiger partial charge in [-0.15, -0.1) is 0 Å². The van der Waals surface area contributed by atoms with Crippen LogP contribution in [0.3, 0.4) is 0 Å². The van der Waals surface area contributed by atoms with E-state index in [9.17, 15) is 9.59 Å². The first-order valence-corrected chi connectivity index (χ1v) is 12.5. The third-order valence-electron chi connectivity index (χ3n) is 5.14. The molecule has 0 aliphatic carbocycles. The van der Waals surface area contributed by atoms with Gasteiger partial charge in [-0.25, -0.2) is 9.78 Å². The largest absolute Gasteiger partial charge is 0.480 e. The molecule has 0 fully saturated rings. The van der Waals surface area contributed by atoms with Crippen molar-refractivity contribution in [3.8, 4) is 5.88 Å². The average molecular weight is 483 g/mol. The highest BCUT2D eigenvalue weighted by Crippen LogP contribution is 2.37. The number of hydrogen-bond acceptors (Lipinski definition) is 6. The third-order valence-corrected chi connectivity index (χ3v) is 7.16. The van der Waals surface area contributed by atoms with Crippen molar-refractivity contribution in [1.82, 2.24) is 9.55 Å². The number of methoxy groups -OCH3 is 1. The first-order valence-electron chi connectivity index (χ1n) is 10.8. The summed E-state index contributed by atoms with van der Waals surface area (Å²) in [6.07, 6.45) is 1.56. The van der Waals surface area contributed by atoms with E-state index < -0.39 is 26.8 Å². The zero-order valence-corrected chi connectivity index (χ0v) is 22.7. The van der Waals surface area contributed by atoms with E-state index in [0.717, 1.165) is 0 Å². The van der Waals surface area contributed by atoms with Crippen LogP contribution in [0.15, 0.2) is 17.1 Å². The highest BCUT2D eigenvalue weighted by atomic mass is 35.5. The van der Waals surface area contributed by atoms with Crippen molar-refractivity contribution < 1.29 is 18.7 Å². The monoisotopic (exact) mass is 482 g/mol. The number of esters is 1. The first-order chi connectivity index (χ1) is 14.7. The van der Waals surface area contributed by atoms with E-state index in [2.05, 4.69) is 39.6 Å². The average Bonchev–Trinajstić information content (AvgIpc) is 2.67. The van der Waals surface area contributed by atoms with Crippen LogP contribution in [-0.4, -0.2) is 44.6 Å². The molecule has 0 amide bonds. The minimum atomic E-state index is -0.873. The Balaban J connectivity index is 2.85. The quantitative estimate of drug-likeness (QED) is 0.406. The molecular weight excluding hydrogens is 448 g/mol. The Morgan fingerprint density at radius 3 is 2.38 bits per heavy atom. The molecule has 9 heteroatoms. The van der Waals surface area contributed by atoms with E-state index in [1.54, 1.807) is 19.2 Å². The maximum atomic E-state index is 13.2. The second-order valence-corrected chi connectivity index (χ2v) is 13.1. The van der Waals surface area contributed by atoms with E-state index in [1.165, 1.54) is 7.11 Å². The smallest absolute Gasteiger partial charge is 0.343 e. The Bertz CT molecular complexity index is 1040. The van der Waals surface area contributed by atoms with Gasteiger partial charge in [-0.1, -0.05) is 46.2 Å². The molecule has 178 valence electrons. The summed E-state index contributed by atoms with van der Waals surface area (Å²) in [5.41, 5.74) is -0.553. The molecule has 0 aromatic carbocycles. The van der Waals surface area contributed by atoms with Gasteiger partial charge in [0.15, 0.2) is 9.76 Å². The van der Waals surface area contributed by atoms with Crippen molar-refractivity contribution in [2.45, 2.75) is 72.1 Å². The Morgan fingerprint density at radius 1 is 1.25 bits per heavy atom. The number of ether oxygens (including phenoxy) is 2. The summed E-state index contributed by atoms with van der Waals surface area (Å²) in [5, 5.41) is 0.390. The van der Waals surface area contributed by atoms with Crippen molar-refractivity contribution in [3.05, 3.63) is 33.1 Å². The molecule has 0 aliphatic rings. The van der Waals surface area contributed by atoms with Gasteiger partial charge in [0, 0.05) is 6.20 Å². The number of hydrogen-bond donors (Lipinski definition) is 0. The van der Waals surface area contributed by atoms with Gasteiger partial charge in [0.25, 0.3) is 0 Å². The van der Waals surface area contributed by atoms with Crippen molar-refractivity contribution in [2.75, 3.05) is 13.7 Å². The number of carbonyl (C=O) groups is 1. The minimum absolute atomic E-state index is 0.0780. The lowest BCUT2D eigenvalue weighted by Crippen LogP contribution is -2.42. The van der Waals surface area contributed by atoms with Gasteiger partial charge in [0.05, 0.1) is 30.9 Å². The lowest BCUT2D eigenvalue weighted by molar-refractivity contribution is 0.0286. The zero-order chi connectivity index (χ0) is 24.4. The van der Waals surface area contributed by atoms with Crippen LogP contribution in [0.5, 0.6) is 5.88 Å². The Kier molecular flexibility index (Phi) is 8.18. The lowest BCUT2D eigenvalue weighted by atomic mass is 9.88. The molecule has 0 radical (unpaired) electrons. The molecule has 2 aromatic heterocycles. The molecule has 0 saturated carbocycles. The summed E-state index contributed by atoms with van der Waals surface area (Å²) >= 11 is 6.38. The summed E-state index contributed by atoms with van der Waals surface area (Å²) in [4.78, 5) is 30.2. The molecule has 0 spiro atoms. The molecule has 0 aliphatic heterocycles. The summed E-state index contributed by atoms with van der Waals surface area (Å²) in [6.45, 7) is 16.6. The standard InChI is InChI=1S/C23H35ClN2O5Si/c1-10-30-21(28)14-12-26(16-11-15(24)20(29-9)25-17(16)18(14)27)19(13(2)3)23(7,8)31-32-22(4,5)6/h11-13,19H,10,32H2,1-9H3/t19-/m0/s1. The molecule has 2 aromatic rings. The number of nitrogens with zero attached hydrogens (tertiary/aromatic N) is 2. The zero-order valence-electron chi connectivity index (χ0n) is 20.5. The maximum absolute atomic E-state index is 13.2. The molecule has 2 heterocycles. The van der Waals surface area contributed by atoms with Crippen LogP contribution in [0.25, 0.3) is 11.0 Å². The van der Waals surface area contributed by atoms with Crippen LogP contribution in [-0.2, 0) is 9.16 Å². The highest BCUT2D eigenvalue weighted by molar-refractivity contribution is 6.32. The Hall–Kier alpha value is -1.90. The fourth-order valence-corrected chi connectivity index (χ4v) is 5.09. The summed E-state index contributed by atoms with van der Waals surface area (Å²) in [5.74, 6) is -0.449. The SMILES string of the molecule is CCOC(=O)c1cn([C@@H](C(C)C)C(C)(C)O[SiH2]C(C)(C)C)c2cc(Cl)c(OC)nc2c1=O. The van der Waals surface area contributed by atoms with Crippen LogP contribution in [0.1, 0.15) is 71.8 Å². The fraction of sp³-hybridized carbons (Fsp3) is 0.609. The molecule has 32 heavy (non-hydrogen) atoms. The van der Waals surface area contributed by atoms with Crippen molar-refractivity contribution in [3.63, 3.8) is 0 Å². The van der Waals surface area contributed by atoms with Gasteiger partial charge >= 0.3 is 5.97 Å².